The summed E-state index contributed by atoms with van der Waals surface area (Å²) < 4.78 is 29.5. The molecule has 3 rings (SSSR count). The van der Waals surface area contributed by atoms with Crippen molar-refractivity contribution in [2.24, 2.45) is 10.6 Å². The zero-order valence-electron chi connectivity index (χ0n) is 18.5. The maximum Gasteiger partial charge on any atom is 0.316 e. The van der Waals surface area contributed by atoms with Gasteiger partial charge in [0, 0.05) is 12.1 Å². The van der Waals surface area contributed by atoms with E-state index in [4.69, 9.17) is 14.9 Å². The molecule has 0 bridgehead atoms. The van der Waals surface area contributed by atoms with E-state index < -0.39 is 15.4 Å². The molecule has 0 radical (unpaired) electrons. The molecule has 0 aliphatic carbocycles. The van der Waals surface area contributed by atoms with Gasteiger partial charge in [0.1, 0.15) is 5.75 Å². The monoisotopic (exact) mass is 461 g/mol. The first-order valence-electron chi connectivity index (χ1n) is 9.77. The van der Waals surface area contributed by atoms with E-state index >= 15 is 0 Å². The van der Waals surface area contributed by atoms with Gasteiger partial charge in [-0.25, -0.2) is 18.5 Å². The summed E-state index contributed by atoms with van der Waals surface area (Å²) in [5.41, 5.74) is 3.94. The maximum absolute atomic E-state index is 12.4. The summed E-state index contributed by atoms with van der Waals surface area (Å²) in [6, 6.07) is 6.39. The lowest BCUT2D eigenvalue weighted by atomic mass is 9.97. The first kappa shape index (κ1) is 23.2. The van der Waals surface area contributed by atoms with Gasteiger partial charge >= 0.3 is 5.97 Å². The Balaban J connectivity index is 1.88. The molecule has 9 heteroatoms. The predicted octanol–water partition coefficient (Wildman–Crippen LogP) is 4.43. The standard InChI is InChI=1S/C22H27N3O4S2/c1-12-13(2)18(29-20(26)22(4,5)6)14(3)19-17(12)25-21(30-19)24-11-15-7-9-16(10-8-15)31(23,27)28/h7-10H,11H2,1-6H3,(H,24,25)(H2,23,27,28). The van der Waals surface area contributed by atoms with Gasteiger partial charge in [-0.3, -0.25) is 4.79 Å². The molecule has 0 amide bonds. The summed E-state index contributed by atoms with van der Waals surface area (Å²) in [7, 11) is -3.71. The van der Waals surface area contributed by atoms with Crippen LogP contribution in [0.4, 0.5) is 5.13 Å². The number of carbonyl (C=O) groups is 1. The summed E-state index contributed by atoms with van der Waals surface area (Å²) in [5, 5.41) is 9.16. The van der Waals surface area contributed by atoms with Crippen LogP contribution in [0, 0.1) is 26.2 Å². The normalized spacial score (nSPS) is 12.2. The predicted molar refractivity (Wildman–Crippen MR) is 124 cm³/mol. The molecule has 0 aliphatic rings. The van der Waals surface area contributed by atoms with Crippen LogP contribution in [-0.4, -0.2) is 19.4 Å². The lowest BCUT2D eigenvalue weighted by Gasteiger charge is -2.19. The minimum absolute atomic E-state index is 0.0790. The molecule has 1 aromatic heterocycles. The minimum Gasteiger partial charge on any atom is -0.426 e. The number of fused-ring (bicyclic) bond motifs is 1. The van der Waals surface area contributed by atoms with Crippen molar-refractivity contribution in [2.75, 3.05) is 5.32 Å². The molecule has 31 heavy (non-hydrogen) atoms. The maximum atomic E-state index is 12.4. The second-order valence-electron chi connectivity index (χ2n) is 8.58. The Kier molecular flexibility index (Phi) is 6.14. The molecule has 0 fully saturated rings. The Bertz CT molecular complexity index is 1250. The Hall–Kier alpha value is -2.49. The molecule has 0 spiro atoms. The van der Waals surface area contributed by atoms with Gasteiger partial charge in [-0.2, -0.15) is 0 Å². The van der Waals surface area contributed by atoms with E-state index in [0.29, 0.717) is 12.3 Å². The number of hydrogen-bond acceptors (Lipinski definition) is 7. The molecular weight excluding hydrogens is 434 g/mol. The van der Waals surface area contributed by atoms with Gasteiger partial charge in [-0.1, -0.05) is 23.5 Å². The number of rotatable bonds is 5. The van der Waals surface area contributed by atoms with Gasteiger partial charge in [-0.15, -0.1) is 0 Å². The van der Waals surface area contributed by atoms with E-state index in [1.165, 1.54) is 23.5 Å². The number of primary sulfonamides is 1. The third-order valence-corrected chi connectivity index (χ3v) is 7.13. The van der Waals surface area contributed by atoms with Crippen LogP contribution in [0.5, 0.6) is 5.75 Å². The second kappa shape index (κ2) is 8.22. The first-order valence-corrected chi connectivity index (χ1v) is 12.1. The number of esters is 1. The summed E-state index contributed by atoms with van der Waals surface area (Å²) in [4.78, 5) is 17.2. The molecule has 166 valence electrons. The Morgan fingerprint density at radius 1 is 1.10 bits per heavy atom. The average Bonchev–Trinajstić information content (AvgIpc) is 3.11. The topological polar surface area (TPSA) is 111 Å². The minimum atomic E-state index is -3.71. The highest BCUT2D eigenvalue weighted by molar-refractivity contribution is 7.89. The second-order valence-corrected chi connectivity index (χ2v) is 11.1. The van der Waals surface area contributed by atoms with Crippen molar-refractivity contribution in [2.45, 2.75) is 53.0 Å². The number of aryl methyl sites for hydroxylation is 2. The molecule has 7 nitrogen and oxygen atoms in total. The van der Waals surface area contributed by atoms with Crippen molar-refractivity contribution in [3.63, 3.8) is 0 Å². The number of hydrogen-bond donors (Lipinski definition) is 2. The summed E-state index contributed by atoms with van der Waals surface area (Å²) in [5.74, 6) is 0.321. The smallest absolute Gasteiger partial charge is 0.316 e. The van der Waals surface area contributed by atoms with E-state index in [-0.39, 0.29) is 10.9 Å². The van der Waals surface area contributed by atoms with E-state index in [1.807, 2.05) is 41.5 Å². The van der Waals surface area contributed by atoms with E-state index in [0.717, 1.165) is 37.6 Å². The molecule has 3 aromatic rings. The van der Waals surface area contributed by atoms with Crippen molar-refractivity contribution in [3.05, 3.63) is 46.5 Å². The number of anilines is 1. The lowest BCUT2D eigenvalue weighted by molar-refractivity contribution is -0.143. The molecule has 3 N–H and O–H groups in total. The first-order chi connectivity index (χ1) is 14.3. The number of benzene rings is 2. The number of carbonyl (C=O) groups excluding carboxylic acids is 1. The van der Waals surface area contributed by atoms with Crippen LogP contribution in [0.3, 0.4) is 0 Å². The number of sulfonamides is 1. The van der Waals surface area contributed by atoms with Crippen molar-refractivity contribution in [1.82, 2.24) is 4.98 Å². The fourth-order valence-electron chi connectivity index (χ4n) is 3.01. The number of aromatic nitrogens is 1. The highest BCUT2D eigenvalue weighted by atomic mass is 32.2. The van der Waals surface area contributed by atoms with Crippen LogP contribution < -0.4 is 15.2 Å². The third-order valence-electron chi connectivity index (χ3n) is 5.07. The van der Waals surface area contributed by atoms with Crippen molar-refractivity contribution >= 4 is 42.7 Å². The molecule has 0 saturated carbocycles. The summed E-state index contributed by atoms with van der Waals surface area (Å²) in [6.07, 6.45) is 0. The molecule has 2 aromatic carbocycles. The van der Waals surface area contributed by atoms with Gasteiger partial charge in [0.05, 0.1) is 20.5 Å². The fourth-order valence-corrected chi connectivity index (χ4v) is 4.54. The van der Waals surface area contributed by atoms with Crippen molar-refractivity contribution in [3.8, 4) is 5.75 Å². The van der Waals surface area contributed by atoms with E-state index in [9.17, 15) is 13.2 Å². The lowest BCUT2D eigenvalue weighted by Crippen LogP contribution is -2.26. The zero-order valence-corrected chi connectivity index (χ0v) is 20.1. The number of ether oxygens (including phenoxy) is 1. The SMILES string of the molecule is Cc1c(OC(=O)C(C)(C)C)c(C)c2sc(NCc3ccc(S(N)(=O)=O)cc3)nc2c1C. The quantitative estimate of drug-likeness (QED) is 0.429. The van der Waals surface area contributed by atoms with Crippen LogP contribution in [0.2, 0.25) is 0 Å². The van der Waals surface area contributed by atoms with Crippen molar-refractivity contribution < 1.29 is 17.9 Å². The zero-order chi connectivity index (χ0) is 23.1. The number of nitrogens with two attached hydrogens (primary N) is 1. The number of nitrogens with one attached hydrogen (secondary N) is 1. The van der Waals surface area contributed by atoms with E-state index in [2.05, 4.69) is 5.32 Å². The molecule has 0 unspecified atom stereocenters. The highest BCUT2D eigenvalue weighted by Gasteiger charge is 2.26. The largest absolute Gasteiger partial charge is 0.426 e. The van der Waals surface area contributed by atoms with Crippen molar-refractivity contribution in [1.29, 1.82) is 0 Å². The van der Waals surface area contributed by atoms with Crippen LogP contribution in [0.15, 0.2) is 29.2 Å². The van der Waals surface area contributed by atoms with Crippen LogP contribution in [0.25, 0.3) is 10.2 Å². The van der Waals surface area contributed by atoms with Gasteiger partial charge in [-0.05, 0) is 70.4 Å². The summed E-state index contributed by atoms with van der Waals surface area (Å²) in [6.45, 7) is 11.8. The van der Waals surface area contributed by atoms with E-state index in [1.54, 1.807) is 12.1 Å². The summed E-state index contributed by atoms with van der Waals surface area (Å²) >= 11 is 1.49. The fraction of sp³-hybridized carbons (Fsp3) is 0.364. The van der Waals surface area contributed by atoms with Gasteiger partial charge in [0.25, 0.3) is 0 Å². The van der Waals surface area contributed by atoms with Crippen LogP contribution in [0.1, 0.15) is 43.0 Å². The average molecular weight is 462 g/mol. The third kappa shape index (κ3) is 4.89. The number of thiazole rings is 1. The van der Waals surface area contributed by atoms with Gasteiger partial charge < -0.3 is 10.1 Å². The molecule has 1 heterocycles. The Morgan fingerprint density at radius 3 is 2.26 bits per heavy atom. The number of nitrogens with zero attached hydrogens (tertiary/aromatic N) is 1. The van der Waals surface area contributed by atoms with Crippen LogP contribution >= 0.6 is 11.3 Å². The van der Waals surface area contributed by atoms with Gasteiger partial charge in [0.15, 0.2) is 5.13 Å². The highest BCUT2D eigenvalue weighted by Crippen LogP contribution is 2.40. The van der Waals surface area contributed by atoms with Gasteiger partial charge in [0.2, 0.25) is 10.0 Å². The molecular formula is C22H27N3O4S2. The molecule has 0 atom stereocenters. The Labute approximate surface area is 186 Å². The van der Waals surface area contributed by atoms with Crippen LogP contribution in [-0.2, 0) is 21.4 Å². The Morgan fingerprint density at radius 2 is 1.71 bits per heavy atom. The molecule has 0 aliphatic heterocycles. The molecule has 0 saturated heterocycles.